The van der Waals surface area contributed by atoms with Crippen molar-refractivity contribution in [3.05, 3.63) is 47.5 Å². The van der Waals surface area contributed by atoms with Gasteiger partial charge in [-0.15, -0.1) is 0 Å². The quantitative estimate of drug-likeness (QED) is 0.120. The van der Waals surface area contributed by atoms with Gasteiger partial charge in [0.1, 0.15) is 65.5 Å². The molecule has 248 valence electrons. The second-order valence-electron chi connectivity index (χ2n) is 10.5. The highest BCUT2D eigenvalue weighted by atomic mass is 16.7. The van der Waals surface area contributed by atoms with E-state index in [9.17, 15) is 40.5 Å². The first kappa shape index (κ1) is 34.4. The van der Waals surface area contributed by atoms with Crippen LogP contribution in [0.25, 0.3) is 6.08 Å². The predicted octanol–water partition coefficient (Wildman–Crippen LogP) is -0.655. The smallest absolute Gasteiger partial charge is 0.229 e. The minimum Gasteiger partial charge on any atom is -0.507 e. The molecular weight excluding hydrogens is 600 g/mol. The summed E-state index contributed by atoms with van der Waals surface area (Å²) in [6.07, 6.45) is -12.2. The highest BCUT2D eigenvalue weighted by molar-refractivity contribution is 6.10. The van der Waals surface area contributed by atoms with Crippen molar-refractivity contribution in [3.63, 3.8) is 0 Å². The van der Waals surface area contributed by atoms with Crippen molar-refractivity contribution in [2.24, 2.45) is 0 Å². The molecule has 15 nitrogen and oxygen atoms in total. The zero-order chi connectivity index (χ0) is 33.0. The van der Waals surface area contributed by atoms with E-state index in [1.807, 2.05) is 0 Å². The number of ether oxygens (including phenoxy) is 7. The van der Waals surface area contributed by atoms with Crippen molar-refractivity contribution in [3.8, 4) is 28.7 Å². The Hall–Kier alpha value is -3.51. The Kier molecular flexibility index (Phi) is 11.2. The molecule has 2 aromatic rings. The van der Waals surface area contributed by atoms with Crippen molar-refractivity contribution in [1.29, 1.82) is 0 Å². The first-order valence-corrected chi connectivity index (χ1v) is 13.9. The number of aliphatic hydroxyl groups is 6. The van der Waals surface area contributed by atoms with Gasteiger partial charge in [-0.1, -0.05) is 12.1 Å². The molecular formula is C30H38O15. The molecule has 15 heteroatoms. The average Bonchev–Trinajstić information content (AvgIpc) is 3.03. The predicted molar refractivity (Wildman–Crippen MR) is 153 cm³/mol. The Bertz CT molecular complexity index is 1350. The van der Waals surface area contributed by atoms with Gasteiger partial charge in [-0.25, -0.2) is 0 Å². The van der Waals surface area contributed by atoms with Crippen LogP contribution in [-0.2, 0) is 14.2 Å². The number of ketones is 1. The molecule has 0 aromatic heterocycles. The Balaban J connectivity index is 1.47. The average molecular weight is 639 g/mol. The van der Waals surface area contributed by atoms with Crippen LogP contribution in [0.4, 0.5) is 0 Å². The van der Waals surface area contributed by atoms with Crippen molar-refractivity contribution < 1.29 is 73.7 Å². The summed E-state index contributed by atoms with van der Waals surface area (Å²) in [5.74, 6) is -0.341. The zero-order valence-corrected chi connectivity index (χ0v) is 24.9. The lowest BCUT2D eigenvalue weighted by molar-refractivity contribution is -0.318. The normalized spacial score (nSPS) is 31.9. The third-order valence-electron chi connectivity index (χ3n) is 7.51. The number of rotatable bonds is 11. The van der Waals surface area contributed by atoms with Gasteiger partial charge in [0.05, 0.1) is 34.0 Å². The summed E-state index contributed by atoms with van der Waals surface area (Å²) in [4.78, 5) is 13.0. The van der Waals surface area contributed by atoms with Crippen LogP contribution in [0.1, 0.15) is 22.8 Å². The molecule has 45 heavy (non-hydrogen) atoms. The first-order chi connectivity index (χ1) is 21.4. The van der Waals surface area contributed by atoms with Crippen molar-refractivity contribution >= 4 is 11.9 Å². The number of aliphatic hydroxyl groups excluding tert-OH is 6. The van der Waals surface area contributed by atoms with Gasteiger partial charge in [0.15, 0.2) is 23.6 Å². The number of aromatic hydroxyl groups is 1. The number of allylic oxidation sites excluding steroid dienone is 1. The maximum absolute atomic E-state index is 13.0. The van der Waals surface area contributed by atoms with E-state index in [0.717, 1.165) is 6.07 Å². The molecule has 0 saturated carbocycles. The number of hydrogen-bond acceptors (Lipinski definition) is 15. The molecule has 7 N–H and O–H groups in total. The number of benzene rings is 2. The molecule has 2 aromatic carbocycles. The van der Waals surface area contributed by atoms with E-state index < -0.39 is 79.6 Å². The summed E-state index contributed by atoms with van der Waals surface area (Å²) < 4.78 is 37.9. The standard InChI is InChI=1S/C30H38O15/c1-13-23(33)25(35)27(37)29(43-13)42-12-21-24(34)26(36)28(38)30(45-21)44-15-10-17(32)22(20(11-15)41-4)16(31)7-5-14-6-8-18(39-2)19(9-14)40-3/h5-11,13,21,23-30,32-38H,12H2,1-4H3/t13-,21+,23-,24+,25+,26-,27+,28+,29+,30+/m0/s1. The van der Waals surface area contributed by atoms with Crippen molar-refractivity contribution in [2.75, 3.05) is 27.9 Å². The van der Waals surface area contributed by atoms with Crippen LogP contribution in [0.2, 0.25) is 0 Å². The maximum atomic E-state index is 13.0. The lowest BCUT2D eigenvalue weighted by Gasteiger charge is -2.42. The molecule has 4 rings (SSSR count). The largest absolute Gasteiger partial charge is 0.507 e. The number of methoxy groups -OCH3 is 3. The van der Waals surface area contributed by atoms with Gasteiger partial charge in [0.25, 0.3) is 0 Å². The Morgan fingerprint density at radius 3 is 2.09 bits per heavy atom. The van der Waals surface area contributed by atoms with E-state index in [-0.39, 0.29) is 17.1 Å². The molecule has 0 aliphatic carbocycles. The van der Waals surface area contributed by atoms with Gasteiger partial charge in [-0.3, -0.25) is 4.79 Å². The van der Waals surface area contributed by atoms with E-state index in [0.29, 0.717) is 17.1 Å². The lowest BCUT2D eigenvalue weighted by Crippen LogP contribution is -2.61. The number of phenols is 1. The van der Waals surface area contributed by atoms with Crippen molar-refractivity contribution in [2.45, 2.75) is 68.3 Å². The van der Waals surface area contributed by atoms with Crippen LogP contribution in [0.5, 0.6) is 28.7 Å². The highest BCUT2D eigenvalue weighted by Crippen LogP contribution is 2.36. The Morgan fingerprint density at radius 2 is 1.42 bits per heavy atom. The first-order valence-electron chi connectivity index (χ1n) is 13.9. The number of phenolic OH excluding ortho intramolecular Hbond substituents is 1. The van der Waals surface area contributed by atoms with Crippen molar-refractivity contribution in [1.82, 2.24) is 0 Å². The topological polar surface area (TPSA) is 223 Å². The van der Waals surface area contributed by atoms with E-state index in [1.54, 1.807) is 18.2 Å². The van der Waals surface area contributed by atoms with Crippen LogP contribution in [0.3, 0.4) is 0 Å². The third kappa shape index (κ3) is 7.49. The monoisotopic (exact) mass is 638 g/mol. The summed E-state index contributed by atoms with van der Waals surface area (Å²) in [6, 6.07) is 7.38. The molecule has 0 spiro atoms. The van der Waals surface area contributed by atoms with Crippen LogP contribution in [-0.4, -0.2) is 131 Å². The number of carbonyl (C=O) groups excluding carboxylic acids is 1. The molecule has 2 saturated heterocycles. The molecule has 10 atom stereocenters. The van der Waals surface area contributed by atoms with E-state index in [2.05, 4.69) is 0 Å². The Labute approximate surface area is 258 Å². The van der Waals surface area contributed by atoms with Gasteiger partial charge in [-0.2, -0.15) is 0 Å². The molecule has 2 heterocycles. The lowest BCUT2D eigenvalue weighted by atomic mass is 9.98. The second-order valence-corrected chi connectivity index (χ2v) is 10.5. The maximum Gasteiger partial charge on any atom is 0.229 e. The van der Waals surface area contributed by atoms with Gasteiger partial charge in [0.2, 0.25) is 6.29 Å². The summed E-state index contributed by atoms with van der Waals surface area (Å²) in [6.45, 7) is 0.972. The molecule has 0 bridgehead atoms. The summed E-state index contributed by atoms with van der Waals surface area (Å²) in [5.41, 5.74) is 0.441. The SMILES string of the molecule is COc1ccc(C=CC(=O)c2c(O)cc(O[C@@H]3O[C@H](CO[C@@H]4O[C@@H](C)[C@H](O)[C@@H](O)[C@H]4O)[C@@H](O)[C@H](O)[C@H]3O)cc2OC)cc1OC. The molecule has 0 amide bonds. The van der Waals surface area contributed by atoms with Crippen LogP contribution < -0.4 is 18.9 Å². The second kappa shape index (κ2) is 14.7. The third-order valence-corrected chi connectivity index (χ3v) is 7.51. The summed E-state index contributed by atoms with van der Waals surface area (Å²) in [7, 11) is 4.25. The fraction of sp³-hybridized carbons (Fsp3) is 0.500. The Morgan fingerprint density at radius 1 is 0.778 bits per heavy atom. The van der Waals surface area contributed by atoms with Gasteiger partial charge >= 0.3 is 0 Å². The molecule has 0 unspecified atom stereocenters. The van der Waals surface area contributed by atoms with Crippen LogP contribution in [0.15, 0.2) is 36.4 Å². The van der Waals surface area contributed by atoms with Gasteiger partial charge in [-0.05, 0) is 30.7 Å². The van der Waals surface area contributed by atoms with Gasteiger partial charge in [0, 0.05) is 12.1 Å². The molecule has 2 aliphatic heterocycles. The minimum atomic E-state index is -1.76. The molecule has 0 radical (unpaired) electrons. The van der Waals surface area contributed by atoms with Crippen LogP contribution >= 0.6 is 0 Å². The van der Waals surface area contributed by atoms with E-state index in [4.69, 9.17) is 33.2 Å². The summed E-state index contributed by atoms with van der Waals surface area (Å²) >= 11 is 0. The fourth-order valence-electron chi connectivity index (χ4n) is 4.89. The van der Waals surface area contributed by atoms with E-state index in [1.165, 1.54) is 46.5 Å². The minimum absolute atomic E-state index is 0.0731. The zero-order valence-electron chi connectivity index (χ0n) is 24.9. The number of carbonyl (C=O) groups is 1. The number of hydrogen-bond donors (Lipinski definition) is 7. The van der Waals surface area contributed by atoms with E-state index >= 15 is 0 Å². The summed E-state index contributed by atoms with van der Waals surface area (Å²) in [5, 5.41) is 72.2. The molecule has 2 aliphatic rings. The highest BCUT2D eigenvalue weighted by Gasteiger charge is 2.47. The fourth-order valence-corrected chi connectivity index (χ4v) is 4.89. The van der Waals surface area contributed by atoms with Gasteiger partial charge < -0.3 is 68.9 Å². The molecule has 2 fully saturated rings. The van der Waals surface area contributed by atoms with Crippen LogP contribution in [0, 0.1) is 0 Å².